The van der Waals surface area contributed by atoms with Gasteiger partial charge in [0.25, 0.3) is 0 Å². The monoisotopic (exact) mass is 287 g/mol. The Balaban J connectivity index is 2.05. The van der Waals surface area contributed by atoms with Gasteiger partial charge in [0.15, 0.2) is 5.78 Å². The van der Waals surface area contributed by atoms with Crippen molar-refractivity contribution in [2.24, 2.45) is 5.73 Å². The number of ketones is 1. The lowest BCUT2D eigenvalue weighted by molar-refractivity contribution is -0.119. The molecule has 0 amide bonds. The molecular weight excluding hydrogens is 266 g/mol. The Hall–Kier alpha value is -1.45. The molecule has 0 bridgehead atoms. The molecule has 2 aromatic rings. The van der Waals surface area contributed by atoms with Gasteiger partial charge < -0.3 is 5.73 Å². The molecule has 1 unspecified atom stereocenters. The predicted octanol–water partition coefficient (Wildman–Crippen LogP) is 3.86. The van der Waals surface area contributed by atoms with E-state index in [1.807, 2.05) is 29.6 Å². The van der Waals surface area contributed by atoms with Crippen LogP contribution in [0.1, 0.15) is 42.8 Å². The molecule has 106 valence electrons. The van der Waals surface area contributed by atoms with Crippen LogP contribution in [-0.4, -0.2) is 5.78 Å². The molecule has 2 rings (SSSR count). The van der Waals surface area contributed by atoms with E-state index in [9.17, 15) is 4.79 Å². The van der Waals surface area contributed by atoms with Gasteiger partial charge in [-0.05, 0) is 28.0 Å². The van der Waals surface area contributed by atoms with Crippen molar-refractivity contribution in [1.82, 2.24) is 0 Å². The topological polar surface area (TPSA) is 43.1 Å². The number of Topliss-reactive ketones (excluding diaryl/α,β-unsaturated/α-hetero) is 1. The van der Waals surface area contributed by atoms with Crippen LogP contribution in [0.15, 0.2) is 41.8 Å². The number of hydrogen-bond acceptors (Lipinski definition) is 3. The Morgan fingerprint density at radius 1 is 1.20 bits per heavy atom. The Kier molecular flexibility index (Phi) is 4.41. The number of rotatable bonds is 4. The number of carbonyl (C=O) groups excluding carboxylic acids is 1. The van der Waals surface area contributed by atoms with Crippen LogP contribution >= 0.6 is 11.3 Å². The third-order valence-electron chi connectivity index (χ3n) is 3.39. The van der Waals surface area contributed by atoms with Gasteiger partial charge in [-0.25, -0.2) is 0 Å². The molecule has 0 aliphatic rings. The van der Waals surface area contributed by atoms with Gasteiger partial charge in [0.05, 0.1) is 6.04 Å². The third-order valence-corrected chi connectivity index (χ3v) is 4.35. The molecule has 0 aliphatic carbocycles. The zero-order valence-electron chi connectivity index (χ0n) is 12.2. The maximum absolute atomic E-state index is 12.2. The first-order chi connectivity index (χ1) is 9.38. The first-order valence-electron chi connectivity index (χ1n) is 6.79. The molecule has 1 aromatic carbocycles. The second kappa shape index (κ2) is 5.90. The molecule has 0 radical (unpaired) electrons. The summed E-state index contributed by atoms with van der Waals surface area (Å²) >= 11 is 1.53. The summed E-state index contributed by atoms with van der Waals surface area (Å²) in [4.78, 5) is 13.1. The Morgan fingerprint density at radius 2 is 1.85 bits per heavy atom. The van der Waals surface area contributed by atoms with Crippen molar-refractivity contribution in [2.75, 3.05) is 0 Å². The largest absolute Gasteiger partial charge is 0.317 e. The molecule has 1 heterocycles. The van der Waals surface area contributed by atoms with E-state index in [4.69, 9.17) is 5.73 Å². The van der Waals surface area contributed by atoms with Crippen LogP contribution in [0.5, 0.6) is 0 Å². The molecule has 1 atom stereocenters. The number of nitrogens with two attached hydrogens (primary N) is 1. The number of thiophene rings is 1. The van der Waals surface area contributed by atoms with E-state index in [2.05, 4.69) is 32.9 Å². The zero-order chi connectivity index (χ0) is 14.8. The minimum absolute atomic E-state index is 0.0657. The third kappa shape index (κ3) is 3.56. The first kappa shape index (κ1) is 14.9. The highest BCUT2D eigenvalue weighted by Gasteiger charge is 2.18. The van der Waals surface area contributed by atoms with Gasteiger partial charge in [0.2, 0.25) is 0 Å². The van der Waals surface area contributed by atoms with E-state index in [0.717, 1.165) is 10.4 Å². The summed E-state index contributed by atoms with van der Waals surface area (Å²) < 4.78 is 0. The Morgan fingerprint density at radius 3 is 2.35 bits per heavy atom. The number of carbonyl (C=O) groups is 1. The number of benzene rings is 1. The summed E-state index contributed by atoms with van der Waals surface area (Å²) in [7, 11) is 0. The summed E-state index contributed by atoms with van der Waals surface area (Å²) in [5.41, 5.74) is 8.42. The van der Waals surface area contributed by atoms with Gasteiger partial charge >= 0.3 is 0 Å². The summed E-state index contributed by atoms with van der Waals surface area (Å²) in [6, 6.07) is 11.6. The average molecular weight is 287 g/mol. The van der Waals surface area contributed by atoms with Crippen molar-refractivity contribution < 1.29 is 4.79 Å². The van der Waals surface area contributed by atoms with Crippen molar-refractivity contribution in [3.63, 3.8) is 0 Å². The van der Waals surface area contributed by atoms with Gasteiger partial charge in [-0.15, -0.1) is 11.3 Å². The molecule has 0 saturated heterocycles. The lowest BCUT2D eigenvalue weighted by Gasteiger charge is -2.19. The van der Waals surface area contributed by atoms with Crippen molar-refractivity contribution >= 4 is 17.1 Å². The maximum atomic E-state index is 12.2. The second-order valence-corrected chi connectivity index (χ2v) is 7.06. The normalized spacial score (nSPS) is 13.2. The summed E-state index contributed by atoms with van der Waals surface area (Å²) in [5, 5.41) is 1.95. The van der Waals surface area contributed by atoms with Crippen LogP contribution in [0.25, 0.3) is 0 Å². The average Bonchev–Trinajstić information content (AvgIpc) is 2.91. The van der Waals surface area contributed by atoms with Gasteiger partial charge in [-0.1, -0.05) is 51.1 Å². The fourth-order valence-corrected chi connectivity index (χ4v) is 2.81. The van der Waals surface area contributed by atoms with E-state index in [0.29, 0.717) is 6.42 Å². The van der Waals surface area contributed by atoms with Gasteiger partial charge in [-0.2, -0.15) is 0 Å². The van der Waals surface area contributed by atoms with Crippen molar-refractivity contribution in [3.8, 4) is 0 Å². The minimum atomic E-state index is -0.503. The predicted molar refractivity (Wildman–Crippen MR) is 85.1 cm³/mol. The van der Waals surface area contributed by atoms with Gasteiger partial charge in [0, 0.05) is 11.3 Å². The van der Waals surface area contributed by atoms with Crippen molar-refractivity contribution in [2.45, 2.75) is 38.6 Å². The highest BCUT2D eigenvalue weighted by atomic mass is 32.1. The van der Waals surface area contributed by atoms with Crippen molar-refractivity contribution in [3.05, 3.63) is 57.8 Å². The van der Waals surface area contributed by atoms with Crippen LogP contribution in [0.2, 0.25) is 0 Å². The van der Waals surface area contributed by atoms with Crippen LogP contribution < -0.4 is 5.73 Å². The summed E-state index contributed by atoms with van der Waals surface area (Å²) in [6.07, 6.45) is 0.392. The number of hydrogen-bond donors (Lipinski definition) is 1. The summed E-state index contributed by atoms with van der Waals surface area (Å²) in [5.74, 6) is 0.0657. The lowest BCUT2D eigenvalue weighted by atomic mass is 9.86. The quantitative estimate of drug-likeness (QED) is 0.928. The molecule has 1 aromatic heterocycles. The SMILES string of the molecule is CC(C)(C)c1ccc(CC(=O)C(N)c2cccs2)cc1. The molecule has 0 saturated carbocycles. The summed E-state index contributed by atoms with van der Waals surface area (Å²) in [6.45, 7) is 6.54. The van der Waals surface area contributed by atoms with E-state index in [1.54, 1.807) is 0 Å². The second-order valence-electron chi connectivity index (χ2n) is 6.08. The minimum Gasteiger partial charge on any atom is -0.317 e. The van der Waals surface area contributed by atoms with Gasteiger partial charge in [-0.3, -0.25) is 4.79 Å². The molecule has 2 nitrogen and oxygen atoms in total. The van der Waals surface area contributed by atoms with E-state index >= 15 is 0 Å². The first-order valence-corrected chi connectivity index (χ1v) is 7.67. The maximum Gasteiger partial charge on any atom is 0.159 e. The highest BCUT2D eigenvalue weighted by molar-refractivity contribution is 7.10. The van der Waals surface area contributed by atoms with E-state index in [-0.39, 0.29) is 11.2 Å². The van der Waals surface area contributed by atoms with Crippen LogP contribution in [0, 0.1) is 0 Å². The lowest BCUT2D eigenvalue weighted by Crippen LogP contribution is -2.22. The van der Waals surface area contributed by atoms with E-state index < -0.39 is 6.04 Å². The smallest absolute Gasteiger partial charge is 0.159 e. The fourth-order valence-electron chi connectivity index (χ4n) is 2.06. The van der Waals surface area contributed by atoms with Crippen LogP contribution in [-0.2, 0) is 16.6 Å². The Labute approximate surface area is 124 Å². The standard InChI is InChI=1S/C17H21NOS/c1-17(2,3)13-8-6-12(7-9-13)11-14(19)16(18)15-5-4-10-20-15/h4-10,16H,11,18H2,1-3H3. The van der Waals surface area contributed by atoms with Gasteiger partial charge in [0.1, 0.15) is 0 Å². The molecule has 0 spiro atoms. The molecule has 0 aliphatic heterocycles. The fraction of sp³-hybridized carbons (Fsp3) is 0.353. The van der Waals surface area contributed by atoms with E-state index in [1.165, 1.54) is 16.9 Å². The highest BCUT2D eigenvalue weighted by Crippen LogP contribution is 2.23. The van der Waals surface area contributed by atoms with Crippen LogP contribution in [0.3, 0.4) is 0 Å². The molecule has 3 heteroatoms. The Bertz CT molecular complexity index is 564. The molecule has 20 heavy (non-hydrogen) atoms. The molecular formula is C17H21NOS. The zero-order valence-corrected chi connectivity index (χ0v) is 13.0. The van der Waals surface area contributed by atoms with Crippen LogP contribution in [0.4, 0.5) is 0 Å². The molecule has 0 fully saturated rings. The molecule has 2 N–H and O–H groups in total. The van der Waals surface area contributed by atoms with Crippen molar-refractivity contribution in [1.29, 1.82) is 0 Å².